The van der Waals surface area contributed by atoms with Gasteiger partial charge in [0, 0.05) is 53.2 Å². The summed E-state index contributed by atoms with van der Waals surface area (Å²) in [5, 5.41) is 3.00. The van der Waals surface area contributed by atoms with Crippen molar-refractivity contribution in [2.24, 2.45) is 0 Å². The van der Waals surface area contributed by atoms with E-state index >= 15 is 0 Å². The van der Waals surface area contributed by atoms with E-state index in [-0.39, 0.29) is 18.0 Å². The number of aromatic nitrogens is 1. The van der Waals surface area contributed by atoms with E-state index in [9.17, 15) is 9.59 Å². The molecule has 0 atom stereocenters. The second-order valence-corrected chi connectivity index (χ2v) is 11.0. The van der Waals surface area contributed by atoms with Crippen molar-refractivity contribution in [2.45, 2.75) is 72.0 Å². The highest BCUT2D eigenvalue weighted by molar-refractivity contribution is 5.97. The van der Waals surface area contributed by atoms with Crippen molar-refractivity contribution in [3.63, 3.8) is 0 Å². The molecule has 1 saturated carbocycles. The van der Waals surface area contributed by atoms with Crippen LogP contribution in [-0.4, -0.2) is 74.1 Å². The van der Waals surface area contributed by atoms with Gasteiger partial charge in [-0.1, -0.05) is 11.8 Å². The number of amides is 1. The van der Waals surface area contributed by atoms with Gasteiger partial charge in [0.15, 0.2) is 0 Å². The number of rotatable bonds is 8. The molecule has 0 aliphatic heterocycles. The molecule has 1 fully saturated rings. The van der Waals surface area contributed by atoms with E-state index in [1.54, 1.807) is 0 Å². The Kier molecular flexibility index (Phi) is 10.2. The van der Waals surface area contributed by atoms with E-state index in [0.29, 0.717) is 29.8 Å². The second kappa shape index (κ2) is 13.1. The minimum atomic E-state index is -0.188. The first-order valence-corrected chi connectivity index (χ1v) is 13.7. The highest BCUT2D eigenvalue weighted by atomic mass is 16.1. The van der Waals surface area contributed by atoms with Crippen LogP contribution in [0.2, 0.25) is 0 Å². The van der Waals surface area contributed by atoms with Gasteiger partial charge in [0.2, 0.25) is 0 Å². The Bertz CT molecular complexity index is 1240. The summed E-state index contributed by atoms with van der Waals surface area (Å²) in [4.78, 5) is 35.7. The molecule has 2 aromatic rings. The standard InChI is InChI=1S/C31H45N5O2/c1-9-36(26-14-12-25(13-15-26)35(7)8)29-19-24(11-10-16-34(5)6)18-27(23(29)4)30(37)32-20-28-21(2)17-22(3)33-31(28)38/h17-19,25-26H,9,12-16,20H2,1-8H3,(H,32,37)(H,33,38). The number of benzene rings is 1. The maximum atomic E-state index is 13.5. The highest BCUT2D eigenvalue weighted by Gasteiger charge is 2.28. The first kappa shape index (κ1) is 29.5. The molecule has 0 saturated heterocycles. The summed E-state index contributed by atoms with van der Waals surface area (Å²) in [5.41, 5.74) is 5.58. The third kappa shape index (κ3) is 7.27. The first-order chi connectivity index (χ1) is 18.0. The Morgan fingerprint density at radius 2 is 1.68 bits per heavy atom. The minimum Gasteiger partial charge on any atom is -0.369 e. The zero-order valence-electron chi connectivity index (χ0n) is 24.5. The van der Waals surface area contributed by atoms with Crippen molar-refractivity contribution in [3.8, 4) is 11.8 Å². The molecule has 0 bridgehead atoms. The van der Waals surface area contributed by atoms with Crippen LogP contribution in [0.25, 0.3) is 0 Å². The summed E-state index contributed by atoms with van der Waals surface area (Å²) in [6.07, 6.45) is 4.61. The summed E-state index contributed by atoms with van der Waals surface area (Å²) in [7, 11) is 8.32. The lowest BCUT2D eigenvalue weighted by molar-refractivity contribution is 0.0950. The Morgan fingerprint density at radius 3 is 2.26 bits per heavy atom. The van der Waals surface area contributed by atoms with Crippen molar-refractivity contribution in [1.82, 2.24) is 20.1 Å². The van der Waals surface area contributed by atoms with Crippen LogP contribution in [0.4, 0.5) is 5.69 Å². The second-order valence-electron chi connectivity index (χ2n) is 11.0. The van der Waals surface area contributed by atoms with E-state index in [4.69, 9.17) is 0 Å². The molecule has 0 unspecified atom stereocenters. The van der Waals surface area contributed by atoms with Gasteiger partial charge in [0.25, 0.3) is 11.5 Å². The van der Waals surface area contributed by atoms with Crippen LogP contribution in [-0.2, 0) is 6.54 Å². The number of nitrogens with zero attached hydrogens (tertiary/aromatic N) is 3. The molecule has 7 heteroatoms. The zero-order chi connectivity index (χ0) is 28.0. The average molecular weight is 520 g/mol. The average Bonchev–Trinajstić information content (AvgIpc) is 2.85. The number of hydrogen-bond donors (Lipinski definition) is 2. The lowest BCUT2D eigenvalue weighted by atomic mass is 9.88. The number of H-pyrrole nitrogens is 1. The lowest BCUT2D eigenvalue weighted by Gasteiger charge is -2.40. The highest BCUT2D eigenvalue weighted by Crippen LogP contribution is 2.33. The van der Waals surface area contributed by atoms with Crippen molar-refractivity contribution >= 4 is 11.6 Å². The third-order valence-electron chi connectivity index (χ3n) is 7.66. The molecule has 206 valence electrons. The number of nitrogens with one attached hydrogen (secondary N) is 2. The zero-order valence-corrected chi connectivity index (χ0v) is 24.5. The Labute approximate surface area is 228 Å². The van der Waals surface area contributed by atoms with E-state index in [1.807, 2.05) is 51.9 Å². The third-order valence-corrected chi connectivity index (χ3v) is 7.66. The fourth-order valence-corrected chi connectivity index (χ4v) is 5.48. The molecular weight excluding hydrogens is 474 g/mol. The SMILES string of the molecule is CCN(c1cc(C#CCN(C)C)cc(C(=O)NCc2c(C)cc(C)[nH]c2=O)c1C)C1CCC(N(C)C)CC1. The molecule has 1 aromatic heterocycles. The van der Waals surface area contributed by atoms with Gasteiger partial charge in [-0.2, -0.15) is 0 Å². The van der Waals surface area contributed by atoms with E-state index in [0.717, 1.165) is 47.5 Å². The Morgan fingerprint density at radius 1 is 1.03 bits per heavy atom. The summed E-state index contributed by atoms with van der Waals surface area (Å²) >= 11 is 0. The Hall–Kier alpha value is -3.08. The van der Waals surface area contributed by atoms with Gasteiger partial charge in [-0.05, 0) is 111 Å². The molecule has 38 heavy (non-hydrogen) atoms. The largest absolute Gasteiger partial charge is 0.369 e. The van der Waals surface area contributed by atoms with Gasteiger partial charge in [0.1, 0.15) is 0 Å². The summed E-state index contributed by atoms with van der Waals surface area (Å²) in [6, 6.07) is 7.02. The molecule has 0 spiro atoms. The lowest BCUT2D eigenvalue weighted by Crippen LogP contribution is -2.42. The van der Waals surface area contributed by atoms with Crippen LogP contribution in [0.3, 0.4) is 0 Å². The fraction of sp³-hybridized carbons (Fsp3) is 0.548. The van der Waals surface area contributed by atoms with Gasteiger partial charge in [-0.25, -0.2) is 0 Å². The molecule has 2 N–H and O–H groups in total. The molecular formula is C31H45N5O2. The van der Waals surface area contributed by atoms with Crippen LogP contribution in [0, 0.1) is 32.6 Å². The van der Waals surface area contributed by atoms with Gasteiger partial charge >= 0.3 is 0 Å². The topological polar surface area (TPSA) is 71.7 Å². The number of hydrogen-bond acceptors (Lipinski definition) is 5. The summed E-state index contributed by atoms with van der Waals surface area (Å²) < 4.78 is 0. The van der Waals surface area contributed by atoms with Gasteiger partial charge < -0.3 is 20.1 Å². The quantitative estimate of drug-likeness (QED) is 0.519. The Balaban J connectivity index is 1.94. The maximum absolute atomic E-state index is 13.5. The number of carbonyl (C=O) groups is 1. The monoisotopic (exact) mass is 519 g/mol. The smallest absolute Gasteiger partial charge is 0.253 e. The minimum absolute atomic E-state index is 0.158. The summed E-state index contributed by atoms with van der Waals surface area (Å²) in [6.45, 7) is 9.66. The van der Waals surface area contributed by atoms with Crippen molar-refractivity contribution in [2.75, 3.05) is 46.2 Å². The molecule has 7 nitrogen and oxygen atoms in total. The molecule has 3 rings (SSSR count). The van der Waals surface area contributed by atoms with Gasteiger partial charge in [-0.3, -0.25) is 14.5 Å². The fourth-order valence-electron chi connectivity index (χ4n) is 5.48. The number of anilines is 1. The van der Waals surface area contributed by atoms with E-state index < -0.39 is 0 Å². The van der Waals surface area contributed by atoms with Crippen LogP contribution in [0.5, 0.6) is 0 Å². The van der Waals surface area contributed by atoms with E-state index in [2.05, 4.69) is 59.0 Å². The molecule has 1 amide bonds. The van der Waals surface area contributed by atoms with Crippen LogP contribution < -0.4 is 15.8 Å². The molecule has 1 aromatic carbocycles. The van der Waals surface area contributed by atoms with Crippen molar-refractivity contribution in [1.29, 1.82) is 0 Å². The number of aryl methyl sites for hydroxylation is 2. The molecule has 1 heterocycles. The van der Waals surface area contributed by atoms with Crippen LogP contribution >= 0.6 is 0 Å². The first-order valence-electron chi connectivity index (χ1n) is 13.7. The molecule has 0 radical (unpaired) electrons. The van der Waals surface area contributed by atoms with Gasteiger partial charge in [-0.15, -0.1) is 0 Å². The van der Waals surface area contributed by atoms with Crippen molar-refractivity contribution < 1.29 is 4.79 Å². The number of aromatic amines is 1. The van der Waals surface area contributed by atoms with Crippen molar-refractivity contribution in [3.05, 3.63) is 62.1 Å². The van der Waals surface area contributed by atoms with Crippen LogP contribution in [0.15, 0.2) is 23.0 Å². The number of carbonyl (C=O) groups excluding carboxylic acids is 1. The number of pyridine rings is 1. The summed E-state index contributed by atoms with van der Waals surface area (Å²) in [5.74, 6) is 6.31. The maximum Gasteiger partial charge on any atom is 0.253 e. The van der Waals surface area contributed by atoms with Crippen LogP contribution in [0.1, 0.15) is 70.9 Å². The predicted molar refractivity (Wildman–Crippen MR) is 157 cm³/mol. The normalized spacial score (nSPS) is 17.3. The predicted octanol–water partition coefficient (Wildman–Crippen LogP) is 3.84. The van der Waals surface area contributed by atoms with Gasteiger partial charge in [0.05, 0.1) is 6.54 Å². The van der Waals surface area contributed by atoms with E-state index in [1.165, 1.54) is 12.8 Å². The molecule has 1 aliphatic rings. The molecule has 1 aliphatic carbocycles.